The summed E-state index contributed by atoms with van der Waals surface area (Å²) in [6.45, 7) is 0. The van der Waals surface area contributed by atoms with Crippen LogP contribution < -0.4 is 76.4 Å². The molecule has 0 aromatic carbocycles. The van der Waals surface area contributed by atoms with Gasteiger partial charge in [0.2, 0.25) is 0 Å². The van der Waals surface area contributed by atoms with E-state index in [0.717, 1.165) is 0 Å². The minimum Gasteiger partial charge on any atom is -1.00 e. The summed E-state index contributed by atoms with van der Waals surface area (Å²) >= 11 is 0. The fourth-order valence-corrected chi connectivity index (χ4v) is 1.21. The predicted molar refractivity (Wildman–Crippen MR) is 23.0 cm³/mol. The van der Waals surface area contributed by atoms with Crippen LogP contribution in [-0.4, -0.2) is 14.7 Å². The van der Waals surface area contributed by atoms with Crippen LogP contribution in [0.2, 0.25) is 0 Å². The summed E-state index contributed by atoms with van der Waals surface area (Å²) < 4.78 is 21.9. The second-order valence-electron chi connectivity index (χ2n) is 1.04. The average molecular weight is 258 g/mol. The molecule has 0 aliphatic heterocycles. The summed E-state index contributed by atoms with van der Waals surface area (Å²) in [6.07, 6.45) is 0. The Morgan fingerprint density at radius 1 is 1.08 bits per heavy atom. The van der Waals surface area contributed by atoms with E-state index >= 15 is 0 Å². The molecule has 0 aliphatic rings. The van der Waals surface area contributed by atoms with Crippen LogP contribution in [0, 0.1) is 0 Å². The van der Waals surface area contributed by atoms with Crippen LogP contribution in [0.25, 0.3) is 0 Å². The molecule has 0 saturated heterocycles. The van der Waals surface area contributed by atoms with E-state index in [2.05, 4.69) is 4.31 Å². The first kappa shape index (κ1) is 24.0. The first-order valence-corrected chi connectivity index (χ1v) is 4.54. The van der Waals surface area contributed by atoms with Crippen molar-refractivity contribution in [1.29, 1.82) is 0 Å². The summed E-state index contributed by atoms with van der Waals surface area (Å²) in [4.78, 5) is 32.6. The first-order chi connectivity index (χ1) is 3.71. The van der Waals surface area contributed by atoms with Crippen molar-refractivity contribution in [3.63, 3.8) is 0 Å². The maximum Gasteiger partial charge on any atom is 1.00 e. The third-order valence-electron chi connectivity index (χ3n) is 0.210. The fourth-order valence-electron chi connectivity index (χ4n) is 0.134. The van der Waals surface area contributed by atoms with E-state index in [4.69, 9.17) is 14.7 Å². The zero-order valence-corrected chi connectivity index (χ0v) is 12.8. The van der Waals surface area contributed by atoms with Gasteiger partial charge in [-0.3, -0.25) is 4.57 Å². The molecule has 0 fully saturated rings. The number of hydrogen-bond acceptors (Lipinski definition) is 4. The number of hydrogen-bond donors (Lipinski definition) is 3. The number of halogens is 1. The van der Waals surface area contributed by atoms with E-state index in [1.54, 1.807) is 0 Å². The van der Waals surface area contributed by atoms with Crippen LogP contribution in [0.4, 0.5) is 0 Å². The Bertz CT molecular complexity index is 160. The van der Waals surface area contributed by atoms with Crippen LogP contribution in [0.15, 0.2) is 0 Å². The normalized spacial score (nSPS) is 14.3. The third kappa shape index (κ3) is 22.9. The van der Waals surface area contributed by atoms with E-state index in [-0.39, 0.29) is 71.5 Å². The number of phosphoric acid groups is 2. The summed E-state index contributed by atoms with van der Waals surface area (Å²) in [5.41, 5.74) is 0. The second kappa shape index (κ2) is 8.83. The van der Waals surface area contributed by atoms with Gasteiger partial charge < -0.3 is 32.0 Å². The van der Waals surface area contributed by atoms with E-state index < -0.39 is 15.6 Å². The SMILES string of the molecule is O=P([O-])(O)OP(=O)(O)O.[Cl-].[Na+].[Na+]. The third-order valence-corrected chi connectivity index (χ3v) is 1.89. The predicted octanol–water partition coefficient (Wildman–Crippen LogP) is -10.4. The largest absolute Gasteiger partial charge is 1.00 e. The molecule has 7 nitrogen and oxygen atoms in total. The van der Waals surface area contributed by atoms with Gasteiger partial charge in [-0.2, -0.15) is 0 Å². The standard InChI is InChI=1S/ClH.2Na.H4O7P2/c;;;1-8(2,3)7-9(4,5)6/h1H;;;(H2,1,2,3)(H2,4,5,6)/q;2*+1;/p-2. The maximum atomic E-state index is 9.59. The monoisotopic (exact) mass is 258 g/mol. The minimum atomic E-state index is -5.30. The van der Waals surface area contributed by atoms with Gasteiger partial charge in [0.15, 0.2) is 0 Å². The van der Waals surface area contributed by atoms with Crippen molar-refractivity contribution in [2.45, 2.75) is 0 Å². The van der Waals surface area contributed by atoms with Crippen LogP contribution in [-0.2, 0) is 13.4 Å². The van der Waals surface area contributed by atoms with E-state index in [9.17, 15) is 14.0 Å². The Labute approximate surface area is 119 Å². The average Bonchev–Trinajstić information content (AvgIpc) is 1.14. The fraction of sp³-hybridized carbons (Fsp3) is 0. The Morgan fingerprint density at radius 3 is 1.33 bits per heavy atom. The summed E-state index contributed by atoms with van der Waals surface area (Å²) in [7, 11) is -10.4. The van der Waals surface area contributed by atoms with Gasteiger partial charge in [0.05, 0.1) is 0 Å². The second-order valence-corrected chi connectivity index (χ2v) is 3.61. The van der Waals surface area contributed by atoms with Gasteiger partial charge in [-0.05, 0) is 0 Å². The molecule has 0 bridgehead atoms. The van der Waals surface area contributed by atoms with Crippen molar-refractivity contribution < 1.29 is 105 Å². The molecular weight excluding hydrogens is 255 g/mol. The van der Waals surface area contributed by atoms with Crippen molar-refractivity contribution in [3.05, 3.63) is 0 Å². The number of rotatable bonds is 2. The van der Waals surface area contributed by atoms with Gasteiger partial charge in [0.1, 0.15) is 0 Å². The smallest absolute Gasteiger partial charge is 1.00 e. The van der Waals surface area contributed by atoms with Crippen molar-refractivity contribution in [1.82, 2.24) is 0 Å². The first-order valence-electron chi connectivity index (χ1n) is 1.51. The molecule has 0 aromatic heterocycles. The molecule has 0 aliphatic carbocycles. The maximum absolute atomic E-state index is 9.59. The molecule has 0 spiro atoms. The van der Waals surface area contributed by atoms with Crippen LogP contribution >= 0.6 is 15.6 Å². The molecule has 0 amide bonds. The summed E-state index contributed by atoms with van der Waals surface area (Å²) in [5.74, 6) is 0. The molecule has 12 heteroatoms. The molecule has 0 heterocycles. The van der Waals surface area contributed by atoms with Crippen molar-refractivity contribution in [2.75, 3.05) is 0 Å². The molecule has 0 rings (SSSR count). The molecule has 12 heavy (non-hydrogen) atoms. The van der Waals surface area contributed by atoms with Gasteiger partial charge >= 0.3 is 66.9 Å². The molecule has 64 valence electrons. The molecule has 0 saturated carbocycles. The molecule has 1 atom stereocenters. The zero-order valence-electron chi connectivity index (χ0n) is 6.25. The zero-order chi connectivity index (χ0) is 7.71. The Hall–Kier alpha value is 2.55. The van der Waals surface area contributed by atoms with Gasteiger partial charge in [-0.25, -0.2) is 8.88 Å². The molecule has 1 unspecified atom stereocenters. The summed E-state index contributed by atoms with van der Waals surface area (Å²) in [5, 5.41) is 0. The van der Waals surface area contributed by atoms with E-state index in [1.165, 1.54) is 0 Å². The Kier molecular flexibility index (Phi) is 17.7. The Balaban J connectivity index is -0.000000107. The van der Waals surface area contributed by atoms with Crippen LogP contribution in [0.5, 0.6) is 0 Å². The molecule has 3 N–H and O–H groups in total. The quantitative estimate of drug-likeness (QED) is 0.331. The van der Waals surface area contributed by atoms with Crippen molar-refractivity contribution in [3.8, 4) is 0 Å². The minimum absolute atomic E-state index is 0. The van der Waals surface area contributed by atoms with Crippen LogP contribution in [0.3, 0.4) is 0 Å². The van der Waals surface area contributed by atoms with Crippen LogP contribution in [0.1, 0.15) is 0 Å². The van der Waals surface area contributed by atoms with E-state index in [1.807, 2.05) is 0 Å². The molecule has 0 radical (unpaired) electrons. The van der Waals surface area contributed by atoms with E-state index in [0.29, 0.717) is 0 Å². The van der Waals surface area contributed by atoms with Gasteiger partial charge in [-0.15, -0.1) is 0 Å². The summed E-state index contributed by atoms with van der Waals surface area (Å²) in [6, 6.07) is 0. The molecule has 0 aromatic rings. The molecular formula is H3ClNa2O7P2. The van der Waals surface area contributed by atoms with Gasteiger partial charge in [0, 0.05) is 0 Å². The van der Waals surface area contributed by atoms with Gasteiger partial charge in [0.25, 0.3) is 7.82 Å². The topological polar surface area (TPSA) is 127 Å². The van der Waals surface area contributed by atoms with Gasteiger partial charge in [-0.1, -0.05) is 0 Å². The van der Waals surface area contributed by atoms with Crippen molar-refractivity contribution in [2.24, 2.45) is 0 Å². The Morgan fingerprint density at radius 2 is 1.33 bits per heavy atom. The van der Waals surface area contributed by atoms with Crippen molar-refractivity contribution >= 4 is 15.6 Å².